The molecule has 1 atom stereocenters. The van der Waals surface area contributed by atoms with Crippen molar-refractivity contribution in [3.05, 3.63) is 24.0 Å². The molecule has 2 heteroatoms. The minimum Gasteiger partial charge on any atom is -0.354 e. The first-order valence-electron chi connectivity index (χ1n) is 6.60. The molecule has 0 saturated heterocycles. The lowest BCUT2D eigenvalue weighted by atomic mass is 10.0. The van der Waals surface area contributed by atoms with Crippen molar-refractivity contribution in [1.82, 2.24) is 9.88 Å². The molecular formula is C14H26N2. The van der Waals surface area contributed by atoms with E-state index in [4.69, 9.17) is 0 Å². The second-order valence-corrected chi connectivity index (χ2v) is 4.60. The van der Waals surface area contributed by atoms with Gasteiger partial charge in [0.2, 0.25) is 0 Å². The highest BCUT2D eigenvalue weighted by Crippen LogP contribution is 2.16. The van der Waals surface area contributed by atoms with Gasteiger partial charge in [-0.2, -0.15) is 0 Å². The molecule has 0 saturated carbocycles. The largest absolute Gasteiger partial charge is 0.354 e. The van der Waals surface area contributed by atoms with Crippen LogP contribution in [0, 0.1) is 5.92 Å². The number of rotatable bonds is 7. The van der Waals surface area contributed by atoms with Crippen LogP contribution in [-0.2, 0) is 6.54 Å². The highest BCUT2D eigenvalue weighted by Gasteiger charge is 2.08. The molecular weight excluding hydrogens is 196 g/mol. The number of hydrogen-bond donors (Lipinski definition) is 1. The summed E-state index contributed by atoms with van der Waals surface area (Å²) in [6, 6.07) is 2.70. The van der Waals surface area contributed by atoms with Crippen LogP contribution >= 0.6 is 0 Å². The van der Waals surface area contributed by atoms with Crippen LogP contribution in [0.3, 0.4) is 0 Å². The van der Waals surface area contributed by atoms with Gasteiger partial charge in [0.05, 0.1) is 0 Å². The Hall–Kier alpha value is -0.760. The number of nitrogens with zero attached hydrogens (tertiary/aromatic N) is 1. The fourth-order valence-electron chi connectivity index (χ4n) is 2.10. The normalized spacial score (nSPS) is 13.3. The van der Waals surface area contributed by atoms with Gasteiger partial charge in [-0.15, -0.1) is 0 Å². The van der Waals surface area contributed by atoms with Gasteiger partial charge in [0, 0.05) is 25.0 Å². The van der Waals surface area contributed by atoms with E-state index in [-0.39, 0.29) is 0 Å². The summed E-state index contributed by atoms with van der Waals surface area (Å²) in [5.74, 6) is 0.815. The zero-order valence-corrected chi connectivity index (χ0v) is 11.2. The molecule has 16 heavy (non-hydrogen) atoms. The molecule has 1 unspecified atom stereocenters. The average molecular weight is 222 g/mol. The van der Waals surface area contributed by atoms with Gasteiger partial charge < -0.3 is 9.88 Å². The van der Waals surface area contributed by atoms with Gasteiger partial charge in [-0.25, -0.2) is 0 Å². The first-order valence-corrected chi connectivity index (χ1v) is 6.60. The molecule has 2 nitrogen and oxygen atoms in total. The first-order chi connectivity index (χ1) is 7.71. The molecule has 1 aromatic heterocycles. The van der Waals surface area contributed by atoms with Gasteiger partial charge in [0.15, 0.2) is 0 Å². The lowest BCUT2D eigenvalue weighted by Gasteiger charge is -2.13. The summed E-state index contributed by atoms with van der Waals surface area (Å²) >= 11 is 0. The van der Waals surface area contributed by atoms with Crippen molar-refractivity contribution < 1.29 is 0 Å². The standard InChI is InChI=1S/C14H26N2/c1-5-13(6-2)10-16-9-8-14(11-16)12(4)15-7-3/h8-9,11-13,15H,5-7,10H2,1-4H3. The van der Waals surface area contributed by atoms with Crippen molar-refractivity contribution in [2.75, 3.05) is 6.54 Å². The minimum atomic E-state index is 0.466. The fraction of sp³-hybridized carbons (Fsp3) is 0.714. The van der Waals surface area contributed by atoms with Crippen molar-refractivity contribution >= 4 is 0 Å². The molecule has 0 aliphatic carbocycles. The quantitative estimate of drug-likeness (QED) is 0.746. The minimum absolute atomic E-state index is 0.466. The smallest absolute Gasteiger partial charge is 0.0306 e. The summed E-state index contributed by atoms with van der Waals surface area (Å²) < 4.78 is 2.33. The van der Waals surface area contributed by atoms with E-state index in [0.29, 0.717) is 6.04 Å². The molecule has 1 heterocycles. The monoisotopic (exact) mass is 222 g/mol. The zero-order valence-electron chi connectivity index (χ0n) is 11.2. The van der Waals surface area contributed by atoms with Crippen LogP contribution in [0.15, 0.2) is 18.5 Å². The Balaban J connectivity index is 2.57. The molecule has 0 aromatic carbocycles. The van der Waals surface area contributed by atoms with Crippen molar-refractivity contribution in [2.45, 2.75) is 53.1 Å². The Bertz CT molecular complexity index is 287. The van der Waals surface area contributed by atoms with Gasteiger partial charge in [-0.05, 0) is 31.0 Å². The third-order valence-corrected chi connectivity index (χ3v) is 3.41. The van der Waals surface area contributed by atoms with Crippen LogP contribution in [0.1, 0.15) is 52.1 Å². The first kappa shape index (κ1) is 13.3. The highest BCUT2D eigenvalue weighted by molar-refractivity contribution is 5.14. The molecule has 0 bridgehead atoms. The Morgan fingerprint density at radius 3 is 2.50 bits per heavy atom. The predicted molar refractivity (Wildman–Crippen MR) is 70.6 cm³/mol. The van der Waals surface area contributed by atoms with Crippen LogP contribution in [-0.4, -0.2) is 11.1 Å². The molecule has 0 aliphatic rings. The Kier molecular flexibility index (Phi) is 5.61. The van der Waals surface area contributed by atoms with E-state index in [1.54, 1.807) is 0 Å². The second-order valence-electron chi connectivity index (χ2n) is 4.60. The lowest BCUT2D eigenvalue weighted by molar-refractivity contribution is 0.418. The maximum Gasteiger partial charge on any atom is 0.0306 e. The van der Waals surface area contributed by atoms with Crippen molar-refractivity contribution in [2.24, 2.45) is 5.92 Å². The third kappa shape index (κ3) is 3.67. The molecule has 0 fully saturated rings. The van der Waals surface area contributed by atoms with E-state index in [1.807, 2.05) is 0 Å². The fourth-order valence-corrected chi connectivity index (χ4v) is 2.10. The van der Waals surface area contributed by atoms with Crippen LogP contribution in [0.2, 0.25) is 0 Å². The summed E-state index contributed by atoms with van der Waals surface area (Å²) in [6.07, 6.45) is 7.03. The summed E-state index contributed by atoms with van der Waals surface area (Å²) in [5.41, 5.74) is 1.40. The maximum atomic E-state index is 3.44. The highest BCUT2D eigenvalue weighted by atomic mass is 15.0. The van der Waals surface area contributed by atoms with Crippen molar-refractivity contribution in [3.63, 3.8) is 0 Å². The van der Waals surface area contributed by atoms with Gasteiger partial charge in [0.1, 0.15) is 0 Å². The Labute approximate surface area is 100 Å². The van der Waals surface area contributed by atoms with E-state index in [1.165, 1.54) is 18.4 Å². The summed E-state index contributed by atoms with van der Waals surface area (Å²) in [7, 11) is 0. The van der Waals surface area contributed by atoms with Crippen LogP contribution in [0.4, 0.5) is 0 Å². The number of nitrogens with one attached hydrogen (secondary N) is 1. The van der Waals surface area contributed by atoms with Gasteiger partial charge >= 0.3 is 0 Å². The second kappa shape index (κ2) is 6.74. The topological polar surface area (TPSA) is 17.0 Å². The van der Waals surface area contributed by atoms with E-state index in [2.05, 4.69) is 56.0 Å². The lowest BCUT2D eigenvalue weighted by Crippen LogP contribution is -2.17. The van der Waals surface area contributed by atoms with Gasteiger partial charge in [0.25, 0.3) is 0 Å². The Morgan fingerprint density at radius 2 is 1.94 bits per heavy atom. The maximum absolute atomic E-state index is 3.44. The van der Waals surface area contributed by atoms with Crippen molar-refractivity contribution in [3.8, 4) is 0 Å². The number of aromatic nitrogens is 1. The zero-order chi connectivity index (χ0) is 12.0. The summed E-state index contributed by atoms with van der Waals surface area (Å²) in [5, 5.41) is 3.44. The van der Waals surface area contributed by atoms with E-state index < -0.39 is 0 Å². The molecule has 1 N–H and O–H groups in total. The average Bonchev–Trinajstić information content (AvgIpc) is 2.74. The summed E-state index contributed by atoms with van der Waals surface area (Å²) in [6.45, 7) is 11.1. The van der Waals surface area contributed by atoms with E-state index >= 15 is 0 Å². The Morgan fingerprint density at radius 1 is 1.25 bits per heavy atom. The summed E-state index contributed by atoms with van der Waals surface area (Å²) in [4.78, 5) is 0. The van der Waals surface area contributed by atoms with E-state index in [9.17, 15) is 0 Å². The van der Waals surface area contributed by atoms with Crippen LogP contribution < -0.4 is 5.32 Å². The molecule has 1 rings (SSSR count). The van der Waals surface area contributed by atoms with Gasteiger partial charge in [-0.1, -0.05) is 33.6 Å². The third-order valence-electron chi connectivity index (χ3n) is 3.41. The van der Waals surface area contributed by atoms with E-state index in [0.717, 1.165) is 19.0 Å². The molecule has 0 radical (unpaired) electrons. The molecule has 0 aliphatic heterocycles. The van der Waals surface area contributed by atoms with Crippen LogP contribution in [0.5, 0.6) is 0 Å². The molecule has 92 valence electrons. The SMILES string of the molecule is CCNC(C)c1ccn(CC(CC)CC)c1. The molecule has 0 spiro atoms. The molecule has 1 aromatic rings. The predicted octanol–water partition coefficient (Wildman–Crippen LogP) is 3.59. The molecule has 0 amide bonds. The number of hydrogen-bond acceptors (Lipinski definition) is 1. The van der Waals surface area contributed by atoms with Crippen LogP contribution in [0.25, 0.3) is 0 Å². The van der Waals surface area contributed by atoms with Crippen molar-refractivity contribution in [1.29, 1.82) is 0 Å². The van der Waals surface area contributed by atoms with Gasteiger partial charge in [-0.3, -0.25) is 0 Å².